The van der Waals surface area contributed by atoms with Crippen LogP contribution in [0.3, 0.4) is 0 Å². The number of nitrogens with two attached hydrogens (primary N) is 1. The van der Waals surface area contributed by atoms with Gasteiger partial charge in [-0.15, -0.1) is 0 Å². The molecule has 1 aromatic carbocycles. The number of nitrogen functional groups attached to an aromatic ring is 1. The van der Waals surface area contributed by atoms with Crippen molar-refractivity contribution >= 4 is 39.0 Å². The normalized spacial score (nSPS) is 10.7. The summed E-state index contributed by atoms with van der Waals surface area (Å²) in [7, 11) is 0. The van der Waals surface area contributed by atoms with Crippen molar-refractivity contribution in [1.29, 1.82) is 0 Å². The number of nitrogens with zero attached hydrogens (tertiary/aromatic N) is 1. The van der Waals surface area contributed by atoms with E-state index in [9.17, 15) is 4.79 Å². The van der Waals surface area contributed by atoms with E-state index in [1.807, 2.05) is 26.0 Å². The van der Waals surface area contributed by atoms with Crippen molar-refractivity contribution in [1.82, 2.24) is 4.98 Å². The van der Waals surface area contributed by atoms with Crippen molar-refractivity contribution in [2.45, 2.75) is 13.8 Å². The van der Waals surface area contributed by atoms with E-state index in [1.165, 1.54) is 11.3 Å². The predicted octanol–water partition coefficient (Wildman–Crippen LogP) is 3.64. The molecule has 0 bridgehead atoms. The number of hydrogen-bond acceptors (Lipinski definition) is 4. The lowest BCUT2D eigenvalue weighted by Gasteiger charge is -2.03. The number of anilines is 2. The Morgan fingerprint density at radius 2 is 2.00 bits per heavy atom. The van der Waals surface area contributed by atoms with Gasteiger partial charge in [0.05, 0.1) is 0 Å². The van der Waals surface area contributed by atoms with Gasteiger partial charge in [0.1, 0.15) is 10.7 Å². The van der Waals surface area contributed by atoms with Crippen molar-refractivity contribution in [2.75, 3.05) is 11.1 Å². The van der Waals surface area contributed by atoms with Crippen molar-refractivity contribution in [3.63, 3.8) is 0 Å². The molecular weight excluding hydrogens is 282 g/mol. The fraction of sp³-hybridized carbons (Fsp3) is 0.231. The Hall–Kier alpha value is -1.59. The number of hydrogen-bond donors (Lipinski definition) is 2. The van der Waals surface area contributed by atoms with E-state index < -0.39 is 0 Å². The summed E-state index contributed by atoms with van der Waals surface area (Å²) in [6.07, 6.45) is 0. The van der Waals surface area contributed by atoms with Gasteiger partial charge in [-0.25, -0.2) is 4.98 Å². The zero-order valence-electron chi connectivity index (χ0n) is 10.6. The number of rotatable bonds is 3. The Balaban J connectivity index is 2.26. The summed E-state index contributed by atoms with van der Waals surface area (Å²) in [6.45, 7) is 3.65. The molecule has 100 valence electrons. The molecule has 0 aliphatic carbocycles. The molecule has 0 unspecified atom stereocenters. The van der Waals surface area contributed by atoms with Crippen LogP contribution in [0.4, 0.5) is 10.1 Å². The lowest BCUT2D eigenvalue weighted by molar-refractivity contribution is -0.118. The lowest BCUT2D eigenvalue weighted by Crippen LogP contribution is -2.17. The maximum absolute atomic E-state index is 11.6. The average molecular weight is 296 g/mol. The molecule has 3 N–H and O–H groups in total. The Morgan fingerprint density at radius 3 is 2.58 bits per heavy atom. The second kappa shape index (κ2) is 5.59. The van der Waals surface area contributed by atoms with Crippen molar-refractivity contribution in [2.24, 2.45) is 5.92 Å². The molecule has 2 rings (SSSR count). The molecule has 6 heteroatoms. The minimum Gasteiger partial charge on any atom is -0.389 e. The molecule has 1 heterocycles. The number of benzene rings is 1. The molecule has 0 spiro atoms. The Morgan fingerprint density at radius 1 is 1.37 bits per heavy atom. The Labute approximate surface area is 120 Å². The number of aromatic nitrogens is 1. The minimum atomic E-state index is -0.0934. The monoisotopic (exact) mass is 295 g/mol. The lowest BCUT2D eigenvalue weighted by atomic mass is 10.2. The summed E-state index contributed by atoms with van der Waals surface area (Å²) in [4.78, 5) is 16.0. The van der Waals surface area contributed by atoms with Gasteiger partial charge >= 0.3 is 0 Å². The van der Waals surface area contributed by atoms with Crippen LogP contribution in [0.5, 0.6) is 0 Å². The smallest absolute Gasteiger partial charge is 0.228 e. The molecule has 0 saturated heterocycles. The first kappa shape index (κ1) is 13.8. The summed E-state index contributed by atoms with van der Waals surface area (Å²) < 4.78 is 0. The zero-order chi connectivity index (χ0) is 14.0. The molecule has 0 atom stereocenters. The predicted molar refractivity (Wildman–Crippen MR) is 80.4 cm³/mol. The van der Waals surface area contributed by atoms with Crippen LogP contribution in [0.2, 0.25) is 5.02 Å². The van der Waals surface area contributed by atoms with E-state index in [-0.39, 0.29) is 11.8 Å². The van der Waals surface area contributed by atoms with E-state index in [1.54, 1.807) is 12.1 Å². The Kier molecular flexibility index (Phi) is 4.07. The van der Waals surface area contributed by atoms with Gasteiger partial charge < -0.3 is 11.1 Å². The van der Waals surface area contributed by atoms with Gasteiger partial charge in [-0.2, -0.15) is 0 Å². The molecule has 0 saturated carbocycles. The summed E-state index contributed by atoms with van der Waals surface area (Å²) in [5.74, 6) is -0.166. The van der Waals surface area contributed by atoms with Crippen molar-refractivity contribution in [3.8, 4) is 11.3 Å². The quantitative estimate of drug-likeness (QED) is 0.908. The van der Waals surface area contributed by atoms with E-state index in [2.05, 4.69) is 10.3 Å². The second-order valence-electron chi connectivity index (χ2n) is 4.38. The summed E-state index contributed by atoms with van der Waals surface area (Å²) >= 11 is 7.10. The van der Waals surface area contributed by atoms with Crippen LogP contribution >= 0.6 is 22.9 Å². The number of thiazole rings is 1. The first-order valence-electron chi connectivity index (χ1n) is 5.80. The van der Waals surface area contributed by atoms with Gasteiger partial charge in [-0.3, -0.25) is 4.79 Å². The molecule has 4 nitrogen and oxygen atoms in total. The third kappa shape index (κ3) is 3.24. The summed E-state index contributed by atoms with van der Waals surface area (Å²) in [5.41, 5.74) is 7.48. The topological polar surface area (TPSA) is 68.0 Å². The molecule has 1 aromatic heterocycles. The van der Waals surface area contributed by atoms with Gasteiger partial charge in [-0.05, 0) is 12.1 Å². The average Bonchev–Trinajstić information content (AvgIpc) is 2.71. The van der Waals surface area contributed by atoms with Crippen LogP contribution < -0.4 is 11.1 Å². The molecule has 0 fully saturated rings. The van der Waals surface area contributed by atoms with E-state index in [0.29, 0.717) is 20.8 Å². The molecule has 0 aliphatic rings. The van der Waals surface area contributed by atoms with E-state index in [0.717, 1.165) is 5.56 Å². The van der Waals surface area contributed by atoms with Crippen LogP contribution in [0.1, 0.15) is 13.8 Å². The van der Waals surface area contributed by atoms with Crippen molar-refractivity contribution < 1.29 is 4.79 Å². The molecule has 0 aliphatic heterocycles. The second-order valence-corrected chi connectivity index (χ2v) is 5.85. The summed E-state index contributed by atoms with van der Waals surface area (Å²) in [6, 6.07) is 7.26. The third-order valence-electron chi connectivity index (χ3n) is 2.53. The fourth-order valence-corrected chi connectivity index (χ4v) is 2.33. The number of amides is 1. The van der Waals surface area contributed by atoms with Crippen LogP contribution in [-0.4, -0.2) is 10.9 Å². The largest absolute Gasteiger partial charge is 0.389 e. The van der Waals surface area contributed by atoms with Gasteiger partial charge in [-0.1, -0.05) is 48.9 Å². The van der Waals surface area contributed by atoms with Crippen LogP contribution in [0, 0.1) is 5.92 Å². The standard InChI is InChI=1S/C13H14ClN3OS/c1-7(2)12(18)17-13-16-10(11(15)19-13)8-3-5-9(14)6-4-8/h3-7H,15H2,1-2H3,(H,16,17,18). The van der Waals surface area contributed by atoms with Crippen LogP contribution in [0.15, 0.2) is 24.3 Å². The highest BCUT2D eigenvalue weighted by molar-refractivity contribution is 7.20. The highest BCUT2D eigenvalue weighted by Crippen LogP contribution is 2.33. The maximum atomic E-state index is 11.6. The molecule has 2 aromatic rings. The molecular formula is C13H14ClN3OS. The van der Waals surface area contributed by atoms with Crippen LogP contribution in [-0.2, 0) is 4.79 Å². The van der Waals surface area contributed by atoms with Crippen LogP contribution in [0.25, 0.3) is 11.3 Å². The zero-order valence-corrected chi connectivity index (χ0v) is 12.2. The van der Waals surface area contributed by atoms with Gasteiger partial charge in [0.25, 0.3) is 0 Å². The van der Waals surface area contributed by atoms with E-state index in [4.69, 9.17) is 17.3 Å². The number of carbonyl (C=O) groups is 1. The Bertz CT molecular complexity index is 592. The minimum absolute atomic E-state index is 0.0728. The first-order valence-corrected chi connectivity index (χ1v) is 7.00. The number of halogens is 1. The summed E-state index contributed by atoms with van der Waals surface area (Å²) in [5, 5.41) is 4.49. The van der Waals surface area contributed by atoms with E-state index >= 15 is 0 Å². The third-order valence-corrected chi connectivity index (χ3v) is 3.58. The molecule has 19 heavy (non-hydrogen) atoms. The van der Waals surface area contributed by atoms with Gasteiger partial charge in [0.2, 0.25) is 5.91 Å². The highest BCUT2D eigenvalue weighted by Gasteiger charge is 2.14. The van der Waals surface area contributed by atoms with Crippen molar-refractivity contribution in [3.05, 3.63) is 29.3 Å². The van der Waals surface area contributed by atoms with Gasteiger partial charge in [0, 0.05) is 16.5 Å². The SMILES string of the molecule is CC(C)C(=O)Nc1nc(-c2ccc(Cl)cc2)c(N)s1. The fourth-order valence-electron chi connectivity index (χ4n) is 1.45. The van der Waals surface area contributed by atoms with Gasteiger partial charge in [0.15, 0.2) is 5.13 Å². The molecule has 1 amide bonds. The highest BCUT2D eigenvalue weighted by atomic mass is 35.5. The number of carbonyl (C=O) groups excluding carboxylic acids is 1. The first-order chi connectivity index (χ1) is 8.97. The number of nitrogens with one attached hydrogen (secondary N) is 1. The maximum Gasteiger partial charge on any atom is 0.228 e. The molecule has 0 radical (unpaired) electrons.